The molecular weight excluding hydrogens is 248 g/mol. The third-order valence-electron chi connectivity index (χ3n) is 2.80. The van der Waals surface area contributed by atoms with Gasteiger partial charge in [-0.05, 0) is 12.1 Å². The summed E-state index contributed by atoms with van der Waals surface area (Å²) in [4.78, 5) is 26.8. The van der Waals surface area contributed by atoms with Gasteiger partial charge < -0.3 is 14.2 Å². The molecule has 0 bridgehead atoms. The Bertz CT molecular complexity index is 658. The van der Waals surface area contributed by atoms with Crippen molar-refractivity contribution in [3.63, 3.8) is 0 Å². The standard InChI is InChI=1S/C13H14N2O4/c1-7(2)11-14-10(12(16)17)9-5-4-8(6-15(9)11)13(18)19-3/h4-7H,1-3H3,(H,16,17). The molecule has 0 aliphatic carbocycles. The summed E-state index contributed by atoms with van der Waals surface area (Å²) in [6.45, 7) is 3.82. The molecule has 0 unspecified atom stereocenters. The van der Waals surface area contributed by atoms with Crippen LogP contribution in [0.5, 0.6) is 0 Å². The van der Waals surface area contributed by atoms with Crippen molar-refractivity contribution in [1.82, 2.24) is 9.38 Å². The Morgan fingerprint density at radius 3 is 2.58 bits per heavy atom. The van der Waals surface area contributed by atoms with Crippen LogP contribution in [0.15, 0.2) is 18.3 Å². The van der Waals surface area contributed by atoms with Gasteiger partial charge in [0.2, 0.25) is 0 Å². The predicted molar refractivity (Wildman–Crippen MR) is 67.6 cm³/mol. The van der Waals surface area contributed by atoms with Crippen molar-refractivity contribution in [1.29, 1.82) is 0 Å². The molecule has 0 saturated carbocycles. The summed E-state index contributed by atoms with van der Waals surface area (Å²) >= 11 is 0. The highest BCUT2D eigenvalue weighted by atomic mass is 16.5. The lowest BCUT2D eigenvalue weighted by atomic mass is 10.2. The summed E-state index contributed by atoms with van der Waals surface area (Å²) in [7, 11) is 1.30. The van der Waals surface area contributed by atoms with Crippen LogP contribution in [-0.4, -0.2) is 33.5 Å². The monoisotopic (exact) mass is 262 g/mol. The van der Waals surface area contributed by atoms with Gasteiger partial charge >= 0.3 is 11.9 Å². The molecule has 6 heteroatoms. The molecule has 0 aromatic carbocycles. The van der Waals surface area contributed by atoms with Crippen molar-refractivity contribution < 1.29 is 19.4 Å². The number of nitrogens with zero attached hydrogens (tertiary/aromatic N) is 2. The second kappa shape index (κ2) is 4.72. The molecule has 0 aliphatic heterocycles. The lowest BCUT2D eigenvalue weighted by Gasteiger charge is -2.05. The molecule has 0 spiro atoms. The normalized spacial score (nSPS) is 10.9. The molecule has 0 atom stereocenters. The van der Waals surface area contributed by atoms with E-state index in [1.54, 1.807) is 16.7 Å². The predicted octanol–water partition coefficient (Wildman–Crippen LogP) is 1.94. The molecule has 2 aromatic heterocycles. The van der Waals surface area contributed by atoms with E-state index >= 15 is 0 Å². The lowest BCUT2D eigenvalue weighted by molar-refractivity contribution is 0.0599. The van der Waals surface area contributed by atoms with Crippen LogP contribution in [0.25, 0.3) is 5.52 Å². The fraction of sp³-hybridized carbons (Fsp3) is 0.308. The summed E-state index contributed by atoms with van der Waals surface area (Å²) in [6.07, 6.45) is 1.55. The number of esters is 1. The maximum absolute atomic E-state index is 11.5. The molecule has 100 valence electrons. The molecule has 0 fully saturated rings. The van der Waals surface area contributed by atoms with Gasteiger partial charge in [-0.25, -0.2) is 14.6 Å². The van der Waals surface area contributed by atoms with Crippen LogP contribution in [-0.2, 0) is 4.74 Å². The Hall–Kier alpha value is -2.37. The van der Waals surface area contributed by atoms with Crippen molar-refractivity contribution in [2.45, 2.75) is 19.8 Å². The Morgan fingerprint density at radius 2 is 2.05 bits per heavy atom. The minimum atomic E-state index is -1.09. The first-order valence-corrected chi connectivity index (χ1v) is 5.79. The van der Waals surface area contributed by atoms with Crippen LogP contribution in [0.2, 0.25) is 0 Å². The number of hydrogen-bond donors (Lipinski definition) is 1. The highest BCUT2D eigenvalue weighted by Gasteiger charge is 2.19. The molecule has 2 heterocycles. The Kier molecular flexibility index (Phi) is 3.25. The minimum Gasteiger partial charge on any atom is -0.476 e. The van der Waals surface area contributed by atoms with Crippen molar-refractivity contribution >= 4 is 17.5 Å². The average molecular weight is 262 g/mol. The van der Waals surface area contributed by atoms with Crippen LogP contribution >= 0.6 is 0 Å². The highest BCUT2D eigenvalue weighted by Crippen LogP contribution is 2.20. The smallest absolute Gasteiger partial charge is 0.356 e. The molecule has 0 amide bonds. The number of pyridine rings is 1. The zero-order valence-corrected chi connectivity index (χ0v) is 10.9. The average Bonchev–Trinajstić information content (AvgIpc) is 2.76. The van der Waals surface area contributed by atoms with Gasteiger partial charge in [-0.3, -0.25) is 0 Å². The lowest BCUT2D eigenvalue weighted by Crippen LogP contribution is -2.04. The molecule has 19 heavy (non-hydrogen) atoms. The molecule has 0 radical (unpaired) electrons. The van der Waals surface area contributed by atoms with E-state index in [1.807, 2.05) is 13.8 Å². The minimum absolute atomic E-state index is 0.0138. The highest BCUT2D eigenvalue weighted by molar-refractivity contribution is 5.95. The van der Waals surface area contributed by atoms with Crippen LogP contribution in [0, 0.1) is 0 Å². The molecule has 0 saturated heterocycles. The van der Waals surface area contributed by atoms with Gasteiger partial charge in [0.1, 0.15) is 5.82 Å². The first kappa shape index (κ1) is 13.1. The maximum Gasteiger partial charge on any atom is 0.356 e. The summed E-state index contributed by atoms with van der Waals surface area (Å²) in [5, 5.41) is 9.14. The number of aromatic carboxylic acids is 1. The second-order valence-corrected chi connectivity index (χ2v) is 4.44. The largest absolute Gasteiger partial charge is 0.476 e. The molecular formula is C13H14N2O4. The van der Waals surface area contributed by atoms with Gasteiger partial charge in [-0.2, -0.15) is 0 Å². The number of carbonyl (C=O) groups is 2. The molecule has 2 aromatic rings. The zero-order valence-electron chi connectivity index (χ0n) is 10.9. The fourth-order valence-corrected chi connectivity index (χ4v) is 1.91. The van der Waals surface area contributed by atoms with E-state index in [0.717, 1.165) is 0 Å². The third-order valence-corrected chi connectivity index (χ3v) is 2.80. The van der Waals surface area contributed by atoms with Gasteiger partial charge in [0.25, 0.3) is 0 Å². The second-order valence-electron chi connectivity index (χ2n) is 4.44. The van der Waals surface area contributed by atoms with E-state index in [4.69, 9.17) is 5.11 Å². The molecule has 1 N–H and O–H groups in total. The molecule has 2 rings (SSSR count). The number of fused-ring (bicyclic) bond motifs is 1. The Morgan fingerprint density at radius 1 is 1.37 bits per heavy atom. The van der Waals surface area contributed by atoms with Crippen molar-refractivity contribution in [2.75, 3.05) is 7.11 Å². The maximum atomic E-state index is 11.5. The van der Waals surface area contributed by atoms with Gasteiger partial charge in [-0.1, -0.05) is 13.8 Å². The first-order valence-electron chi connectivity index (χ1n) is 5.79. The van der Waals surface area contributed by atoms with Crippen molar-refractivity contribution in [3.05, 3.63) is 35.4 Å². The number of rotatable bonds is 3. The fourth-order valence-electron chi connectivity index (χ4n) is 1.91. The van der Waals surface area contributed by atoms with Crippen molar-refractivity contribution in [3.8, 4) is 0 Å². The number of carbonyl (C=O) groups excluding carboxylic acids is 1. The Balaban J connectivity index is 2.73. The van der Waals surface area contributed by atoms with Gasteiger partial charge in [-0.15, -0.1) is 0 Å². The third kappa shape index (κ3) is 2.16. The summed E-state index contributed by atoms with van der Waals surface area (Å²) < 4.78 is 6.28. The molecule has 0 aliphatic rings. The number of ether oxygens (including phenoxy) is 1. The van der Waals surface area contributed by atoms with Crippen LogP contribution in [0.3, 0.4) is 0 Å². The molecule has 6 nitrogen and oxygen atoms in total. The quantitative estimate of drug-likeness (QED) is 0.855. The van der Waals surface area contributed by atoms with E-state index < -0.39 is 11.9 Å². The number of carboxylic acids is 1. The van der Waals surface area contributed by atoms with Crippen molar-refractivity contribution in [2.24, 2.45) is 0 Å². The van der Waals surface area contributed by atoms with E-state index in [2.05, 4.69) is 9.72 Å². The number of methoxy groups -OCH3 is 1. The summed E-state index contributed by atoms with van der Waals surface area (Å²) in [5.74, 6) is -0.927. The summed E-state index contributed by atoms with van der Waals surface area (Å²) in [5.41, 5.74) is 0.801. The van der Waals surface area contributed by atoms with Crippen LogP contribution < -0.4 is 0 Å². The summed E-state index contributed by atoms with van der Waals surface area (Å²) in [6, 6.07) is 3.09. The van der Waals surface area contributed by atoms with Gasteiger partial charge in [0.05, 0.1) is 18.2 Å². The van der Waals surface area contributed by atoms with Crippen LogP contribution in [0.4, 0.5) is 0 Å². The number of aromatic nitrogens is 2. The number of carboxylic acid groups (broad SMARTS) is 1. The van der Waals surface area contributed by atoms with E-state index in [1.165, 1.54) is 13.2 Å². The van der Waals surface area contributed by atoms with Crippen LogP contribution in [0.1, 0.15) is 46.4 Å². The van der Waals surface area contributed by atoms with Gasteiger partial charge in [0, 0.05) is 12.1 Å². The number of imidazole rings is 1. The van der Waals surface area contributed by atoms with E-state index in [0.29, 0.717) is 16.9 Å². The first-order chi connectivity index (χ1) is 8.95. The van der Waals surface area contributed by atoms with Gasteiger partial charge in [0.15, 0.2) is 5.69 Å². The van der Waals surface area contributed by atoms with E-state index in [9.17, 15) is 9.59 Å². The SMILES string of the molecule is COC(=O)c1ccc2c(C(=O)O)nc(C(C)C)n2c1. The zero-order chi connectivity index (χ0) is 14.2. The Labute approximate surface area is 109 Å². The number of hydrogen-bond acceptors (Lipinski definition) is 4. The topological polar surface area (TPSA) is 80.9 Å². The van der Waals surface area contributed by atoms with E-state index in [-0.39, 0.29) is 11.6 Å².